The molecule has 0 fully saturated rings. The first-order chi connectivity index (χ1) is 9.86. The van der Waals surface area contributed by atoms with Crippen LogP contribution in [0.2, 0.25) is 5.02 Å². The molecule has 2 aromatic rings. The number of aryl methyl sites for hydroxylation is 1. The fourth-order valence-electron chi connectivity index (χ4n) is 1.73. The van der Waals surface area contributed by atoms with Gasteiger partial charge in [-0.25, -0.2) is 0 Å². The van der Waals surface area contributed by atoms with E-state index >= 15 is 0 Å². The standard InChI is InChI=1S/C13H11ClF3N3O/c14-9-7-18-20(8-9)6-5-12(21)19-11-4-2-1-3-10(11)13(15,16)17/h1-4,7-8H,5-6H2,(H,19,21). The molecule has 0 aliphatic carbocycles. The lowest BCUT2D eigenvalue weighted by Gasteiger charge is -2.13. The van der Waals surface area contributed by atoms with E-state index in [-0.39, 0.29) is 18.7 Å². The average molecular weight is 318 g/mol. The van der Waals surface area contributed by atoms with Crippen molar-refractivity contribution in [3.05, 3.63) is 47.2 Å². The van der Waals surface area contributed by atoms with Crippen molar-refractivity contribution in [2.75, 3.05) is 5.32 Å². The van der Waals surface area contributed by atoms with Gasteiger partial charge in [-0.1, -0.05) is 23.7 Å². The third-order valence-corrected chi connectivity index (χ3v) is 2.87. The van der Waals surface area contributed by atoms with Crippen LogP contribution in [-0.2, 0) is 17.5 Å². The molecule has 1 aromatic heterocycles. The zero-order valence-electron chi connectivity index (χ0n) is 10.7. The van der Waals surface area contributed by atoms with E-state index in [1.807, 2.05) is 0 Å². The second kappa shape index (κ2) is 6.17. The number of carbonyl (C=O) groups excluding carboxylic acids is 1. The van der Waals surface area contributed by atoms with Gasteiger partial charge in [0.05, 0.1) is 22.5 Å². The summed E-state index contributed by atoms with van der Waals surface area (Å²) >= 11 is 5.67. The molecule has 0 radical (unpaired) electrons. The molecule has 8 heteroatoms. The normalized spacial score (nSPS) is 11.4. The summed E-state index contributed by atoms with van der Waals surface area (Å²) in [5.74, 6) is -0.529. The smallest absolute Gasteiger partial charge is 0.325 e. The van der Waals surface area contributed by atoms with Gasteiger partial charge in [-0.15, -0.1) is 0 Å². The van der Waals surface area contributed by atoms with Crippen LogP contribution in [-0.4, -0.2) is 15.7 Å². The Labute approximate surface area is 123 Å². The van der Waals surface area contributed by atoms with E-state index < -0.39 is 17.6 Å². The van der Waals surface area contributed by atoms with Crippen molar-refractivity contribution in [3.8, 4) is 0 Å². The number of carbonyl (C=O) groups is 1. The highest BCUT2D eigenvalue weighted by Gasteiger charge is 2.33. The predicted molar refractivity (Wildman–Crippen MR) is 71.9 cm³/mol. The summed E-state index contributed by atoms with van der Waals surface area (Å²) in [6.07, 6.45) is -1.58. The van der Waals surface area contributed by atoms with E-state index in [0.29, 0.717) is 5.02 Å². The van der Waals surface area contributed by atoms with Gasteiger partial charge in [-0.3, -0.25) is 9.48 Å². The molecule has 1 aromatic carbocycles. The monoisotopic (exact) mass is 317 g/mol. The van der Waals surface area contributed by atoms with Gasteiger partial charge >= 0.3 is 6.18 Å². The maximum atomic E-state index is 12.8. The van der Waals surface area contributed by atoms with Gasteiger partial charge < -0.3 is 5.32 Å². The fourth-order valence-corrected chi connectivity index (χ4v) is 1.89. The third-order valence-electron chi connectivity index (χ3n) is 2.68. The van der Waals surface area contributed by atoms with Crippen molar-refractivity contribution in [1.29, 1.82) is 0 Å². The molecule has 1 heterocycles. The Morgan fingerprint density at radius 2 is 2.05 bits per heavy atom. The van der Waals surface area contributed by atoms with Gasteiger partial charge in [-0.05, 0) is 12.1 Å². The average Bonchev–Trinajstić information content (AvgIpc) is 2.82. The molecule has 21 heavy (non-hydrogen) atoms. The van der Waals surface area contributed by atoms with Crippen molar-refractivity contribution in [2.45, 2.75) is 19.1 Å². The van der Waals surface area contributed by atoms with Gasteiger partial charge in [0, 0.05) is 19.2 Å². The van der Waals surface area contributed by atoms with Crippen LogP contribution in [0.5, 0.6) is 0 Å². The van der Waals surface area contributed by atoms with E-state index in [4.69, 9.17) is 11.6 Å². The SMILES string of the molecule is O=C(CCn1cc(Cl)cn1)Nc1ccccc1C(F)(F)F. The Kier molecular flexibility index (Phi) is 4.52. The van der Waals surface area contributed by atoms with Crippen LogP contribution in [0.25, 0.3) is 0 Å². The number of aromatic nitrogens is 2. The Balaban J connectivity index is 2.00. The summed E-state index contributed by atoms with van der Waals surface area (Å²) in [5.41, 5.74) is -1.13. The number of hydrogen-bond donors (Lipinski definition) is 1. The summed E-state index contributed by atoms with van der Waals surface area (Å²) < 4.78 is 39.8. The molecule has 0 aliphatic rings. The number of para-hydroxylation sites is 1. The molecule has 4 nitrogen and oxygen atoms in total. The first-order valence-electron chi connectivity index (χ1n) is 6.00. The maximum Gasteiger partial charge on any atom is 0.418 e. The lowest BCUT2D eigenvalue weighted by Crippen LogP contribution is -2.18. The number of nitrogens with one attached hydrogen (secondary N) is 1. The van der Waals surface area contributed by atoms with Crippen LogP contribution < -0.4 is 5.32 Å². The van der Waals surface area contributed by atoms with Gasteiger partial charge in [0.25, 0.3) is 0 Å². The van der Waals surface area contributed by atoms with Crippen molar-refractivity contribution in [1.82, 2.24) is 9.78 Å². The van der Waals surface area contributed by atoms with Crippen LogP contribution in [0.1, 0.15) is 12.0 Å². The first kappa shape index (κ1) is 15.4. The summed E-state index contributed by atoms with van der Waals surface area (Å²) in [6.45, 7) is 0.229. The van der Waals surface area contributed by atoms with Crippen molar-refractivity contribution in [3.63, 3.8) is 0 Å². The number of amides is 1. The number of rotatable bonds is 4. The summed E-state index contributed by atoms with van der Waals surface area (Å²) in [4.78, 5) is 11.7. The minimum atomic E-state index is -4.51. The lowest BCUT2D eigenvalue weighted by molar-refractivity contribution is -0.137. The van der Waals surface area contributed by atoms with Gasteiger partial charge in [-0.2, -0.15) is 18.3 Å². The molecular weight excluding hydrogens is 307 g/mol. The van der Waals surface area contributed by atoms with Crippen molar-refractivity contribution < 1.29 is 18.0 Å². The van der Waals surface area contributed by atoms with Gasteiger partial charge in [0.1, 0.15) is 0 Å². The van der Waals surface area contributed by atoms with E-state index in [0.717, 1.165) is 6.07 Å². The molecule has 1 N–H and O–H groups in total. The van der Waals surface area contributed by atoms with E-state index in [9.17, 15) is 18.0 Å². The number of halogens is 4. The minimum absolute atomic E-state index is 0.00972. The van der Waals surface area contributed by atoms with Crippen LogP contribution in [0.4, 0.5) is 18.9 Å². The molecule has 0 atom stereocenters. The fraction of sp³-hybridized carbons (Fsp3) is 0.231. The summed E-state index contributed by atoms with van der Waals surface area (Å²) in [7, 11) is 0. The van der Waals surface area contributed by atoms with Crippen LogP contribution in [0.3, 0.4) is 0 Å². The molecule has 0 bridgehead atoms. The van der Waals surface area contributed by atoms with E-state index in [1.54, 1.807) is 0 Å². The largest absolute Gasteiger partial charge is 0.418 e. The molecule has 0 saturated carbocycles. The quantitative estimate of drug-likeness (QED) is 0.937. The molecule has 0 saturated heterocycles. The summed E-state index contributed by atoms with van der Waals surface area (Å²) in [6, 6.07) is 4.83. The van der Waals surface area contributed by atoms with Gasteiger partial charge in [0.15, 0.2) is 0 Å². The molecule has 112 valence electrons. The third kappa shape index (κ3) is 4.22. The van der Waals surface area contributed by atoms with E-state index in [1.165, 1.54) is 35.3 Å². The number of nitrogens with zero attached hydrogens (tertiary/aromatic N) is 2. The second-order valence-electron chi connectivity index (χ2n) is 4.26. The lowest BCUT2D eigenvalue weighted by atomic mass is 10.1. The highest BCUT2D eigenvalue weighted by molar-refractivity contribution is 6.30. The Hall–Kier alpha value is -2.02. The zero-order valence-corrected chi connectivity index (χ0v) is 11.4. The van der Waals surface area contributed by atoms with Crippen molar-refractivity contribution >= 4 is 23.2 Å². The van der Waals surface area contributed by atoms with Crippen molar-refractivity contribution in [2.24, 2.45) is 0 Å². The highest BCUT2D eigenvalue weighted by atomic mass is 35.5. The maximum absolute atomic E-state index is 12.8. The number of benzene rings is 1. The molecular formula is C13H11ClF3N3O. The molecule has 0 spiro atoms. The van der Waals surface area contributed by atoms with E-state index in [2.05, 4.69) is 10.4 Å². The Morgan fingerprint density at radius 1 is 1.33 bits per heavy atom. The number of alkyl halides is 3. The van der Waals surface area contributed by atoms with Crippen LogP contribution in [0.15, 0.2) is 36.7 Å². The zero-order chi connectivity index (χ0) is 15.5. The first-order valence-corrected chi connectivity index (χ1v) is 6.38. The van der Waals surface area contributed by atoms with Gasteiger partial charge in [0.2, 0.25) is 5.91 Å². The van der Waals surface area contributed by atoms with Crippen LogP contribution >= 0.6 is 11.6 Å². The Morgan fingerprint density at radius 3 is 2.67 bits per heavy atom. The molecule has 2 rings (SSSR count). The molecule has 1 amide bonds. The highest BCUT2D eigenvalue weighted by Crippen LogP contribution is 2.34. The molecule has 0 unspecified atom stereocenters. The van der Waals surface area contributed by atoms with Crippen LogP contribution in [0, 0.1) is 0 Å². The topological polar surface area (TPSA) is 46.9 Å². The minimum Gasteiger partial charge on any atom is -0.325 e. The predicted octanol–water partition coefficient (Wildman–Crippen LogP) is 3.58. The number of anilines is 1. The Bertz CT molecular complexity index is 640. The molecule has 0 aliphatic heterocycles. The second-order valence-corrected chi connectivity index (χ2v) is 4.70. The number of hydrogen-bond acceptors (Lipinski definition) is 2. The summed E-state index contributed by atoms with van der Waals surface area (Å²) in [5, 5.41) is 6.57.